The Balaban J connectivity index is 1.78. The summed E-state index contributed by atoms with van der Waals surface area (Å²) in [7, 11) is 1.74. The third-order valence-corrected chi connectivity index (χ3v) is 7.38. The fraction of sp³-hybridized carbons (Fsp3) is 0.435. The second-order valence-electron chi connectivity index (χ2n) is 7.67. The van der Waals surface area contributed by atoms with Gasteiger partial charge < -0.3 is 9.64 Å². The summed E-state index contributed by atoms with van der Waals surface area (Å²) in [6.07, 6.45) is 6.84. The normalized spacial score (nSPS) is 17.7. The third-order valence-electron chi connectivity index (χ3n) is 6.24. The molecule has 0 spiro atoms. The molecule has 2 aromatic carbocycles. The van der Waals surface area contributed by atoms with Crippen LogP contribution in [0.4, 0.5) is 5.69 Å². The van der Waals surface area contributed by atoms with Crippen molar-refractivity contribution in [2.24, 2.45) is 0 Å². The lowest BCUT2D eigenvalue weighted by molar-refractivity contribution is 0.414. The SMILES string of the molecule is COc1ccc2c(c1)CCc1c-2c2c(c(C#N)c1N1CCCCC1)CCS2. The van der Waals surface area contributed by atoms with Crippen molar-refractivity contribution in [1.29, 1.82) is 5.26 Å². The van der Waals surface area contributed by atoms with E-state index in [0.29, 0.717) is 0 Å². The summed E-state index contributed by atoms with van der Waals surface area (Å²) < 4.78 is 5.46. The molecule has 3 aliphatic rings. The van der Waals surface area contributed by atoms with E-state index in [4.69, 9.17) is 4.74 Å². The summed E-state index contributed by atoms with van der Waals surface area (Å²) in [5.74, 6) is 2.03. The lowest BCUT2D eigenvalue weighted by Gasteiger charge is -2.35. The first-order valence-corrected chi connectivity index (χ1v) is 11.0. The summed E-state index contributed by atoms with van der Waals surface area (Å²) in [6.45, 7) is 2.17. The predicted octanol–water partition coefficient (Wildman–Crippen LogP) is 4.97. The maximum Gasteiger partial charge on any atom is 0.119 e. The summed E-state index contributed by atoms with van der Waals surface area (Å²) in [5, 5.41) is 10.1. The highest BCUT2D eigenvalue weighted by Gasteiger charge is 2.33. The molecule has 3 nitrogen and oxygen atoms in total. The number of nitriles is 1. The molecule has 0 aromatic heterocycles. The molecule has 0 saturated carbocycles. The number of anilines is 1. The molecule has 0 bridgehead atoms. The fourth-order valence-electron chi connectivity index (χ4n) is 4.99. The summed E-state index contributed by atoms with van der Waals surface area (Å²) in [5.41, 5.74) is 9.08. The van der Waals surface area contributed by atoms with Crippen LogP contribution in [0.15, 0.2) is 23.1 Å². The molecule has 2 aromatic rings. The van der Waals surface area contributed by atoms with E-state index in [1.165, 1.54) is 57.7 Å². The maximum atomic E-state index is 10.1. The van der Waals surface area contributed by atoms with Crippen molar-refractivity contribution in [3.8, 4) is 22.9 Å². The molecule has 5 rings (SSSR count). The molecule has 1 fully saturated rings. The van der Waals surface area contributed by atoms with Crippen molar-refractivity contribution in [3.63, 3.8) is 0 Å². The number of hydrogen-bond donors (Lipinski definition) is 0. The molecule has 0 unspecified atom stereocenters. The van der Waals surface area contributed by atoms with Gasteiger partial charge in [-0.15, -0.1) is 11.8 Å². The molecule has 0 atom stereocenters. The van der Waals surface area contributed by atoms with Crippen molar-refractivity contribution in [3.05, 3.63) is 40.5 Å². The zero-order valence-corrected chi connectivity index (χ0v) is 16.6. The Morgan fingerprint density at radius 1 is 1.07 bits per heavy atom. The molecule has 0 radical (unpaired) electrons. The fourth-order valence-corrected chi connectivity index (χ4v) is 6.26. The third kappa shape index (κ3) is 2.63. The number of thioether (sulfide) groups is 1. The first-order chi connectivity index (χ1) is 13.3. The van der Waals surface area contributed by atoms with E-state index in [-0.39, 0.29) is 0 Å². The number of hydrogen-bond acceptors (Lipinski definition) is 4. The van der Waals surface area contributed by atoms with E-state index in [9.17, 15) is 5.26 Å². The second kappa shape index (κ2) is 6.80. The minimum absolute atomic E-state index is 0.936. The quantitative estimate of drug-likeness (QED) is 0.741. The second-order valence-corrected chi connectivity index (χ2v) is 8.77. The highest BCUT2D eigenvalue weighted by atomic mass is 32.2. The van der Waals surface area contributed by atoms with E-state index < -0.39 is 0 Å². The average Bonchev–Trinajstić information content (AvgIpc) is 3.22. The Morgan fingerprint density at radius 3 is 2.70 bits per heavy atom. The monoisotopic (exact) mass is 376 g/mol. The molecule has 1 saturated heterocycles. The van der Waals surface area contributed by atoms with Crippen molar-refractivity contribution in [2.75, 3.05) is 30.9 Å². The van der Waals surface area contributed by atoms with Gasteiger partial charge in [-0.3, -0.25) is 0 Å². The first-order valence-electron chi connectivity index (χ1n) is 9.98. The zero-order chi connectivity index (χ0) is 18.4. The Bertz CT molecular complexity index is 954. The Labute approximate surface area is 165 Å². The van der Waals surface area contributed by atoms with Crippen LogP contribution in [0.5, 0.6) is 5.75 Å². The van der Waals surface area contributed by atoms with Gasteiger partial charge in [0.15, 0.2) is 0 Å². The Morgan fingerprint density at radius 2 is 1.93 bits per heavy atom. The molecule has 2 aliphatic heterocycles. The molecule has 0 amide bonds. The van der Waals surface area contributed by atoms with Gasteiger partial charge in [-0.25, -0.2) is 0 Å². The highest BCUT2D eigenvalue weighted by molar-refractivity contribution is 7.99. The van der Waals surface area contributed by atoms with Crippen molar-refractivity contribution in [2.45, 2.75) is 43.4 Å². The number of fused-ring (bicyclic) bond motifs is 5. The molecular weight excluding hydrogens is 352 g/mol. The van der Waals surface area contributed by atoms with Gasteiger partial charge in [0, 0.05) is 29.3 Å². The summed E-state index contributed by atoms with van der Waals surface area (Å²) in [6, 6.07) is 9.12. The smallest absolute Gasteiger partial charge is 0.119 e. The van der Waals surface area contributed by atoms with Crippen LogP contribution >= 0.6 is 11.8 Å². The van der Waals surface area contributed by atoms with Gasteiger partial charge in [0.25, 0.3) is 0 Å². The van der Waals surface area contributed by atoms with Gasteiger partial charge in [-0.1, -0.05) is 6.07 Å². The van der Waals surface area contributed by atoms with Gasteiger partial charge in [-0.2, -0.15) is 5.26 Å². The largest absolute Gasteiger partial charge is 0.497 e. The first kappa shape index (κ1) is 17.0. The van der Waals surface area contributed by atoms with Crippen LogP contribution in [-0.2, 0) is 19.3 Å². The van der Waals surface area contributed by atoms with Crippen LogP contribution in [0, 0.1) is 11.3 Å². The van der Waals surface area contributed by atoms with Crippen LogP contribution in [0.25, 0.3) is 11.1 Å². The van der Waals surface area contributed by atoms with Crippen LogP contribution in [0.1, 0.15) is 41.5 Å². The van der Waals surface area contributed by atoms with Gasteiger partial charge >= 0.3 is 0 Å². The number of benzene rings is 2. The van der Waals surface area contributed by atoms with Gasteiger partial charge in [-0.05, 0) is 72.9 Å². The molecule has 138 valence electrons. The van der Waals surface area contributed by atoms with Crippen molar-refractivity contribution in [1.82, 2.24) is 0 Å². The number of nitrogens with zero attached hydrogens (tertiary/aromatic N) is 2. The molecule has 2 heterocycles. The van der Waals surface area contributed by atoms with E-state index in [0.717, 1.165) is 49.4 Å². The molecule has 1 aliphatic carbocycles. The highest BCUT2D eigenvalue weighted by Crippen LogP contribution is 2.51. The van der Waals surface area contributed by atoms with E-state index in [2.05, 4.69) is 29.2 Å². The summed E-state index contributed by atoms with van der Waals surface area (Å²) in [4.78, 5) is 3.88. The van der Waals surface area contributed by atoms with Crippen LogP contribution in [0.3, 0.4) is 0 Å². The number of methoxy groups -OCH3 is 1. The maximum absolute atomic E-state index is 10.1. The molecule has 0 N–H and O–H groups in total. The van der Waals surface area contributed by atoms with Gasteiger partial charge in [0.1, 0.15) is 11.8 Å². The van der Waals surface area contributed by atoms with Gasteiger partial charge in [0.05, 0.1) is 18.4 Å². The predicted molar refractivity (Wildman–Crippen MR) is 111 cm³/mol. The van der Waals surface area contributed by atoms with Crippen LogP contribution in [-0.4, -0.2) is 26.0 Å². The van der Waals surface area contributed by atoms with E-state index >= 15 is 0 Å². The van der Waals surface area contributed by atoms with Gasteiger partial charge in [0.2, 0.25) is 0 Å². The minimum atomic E-state index is 0.936. The topological polar surface area (TPSA) is 36.3 Å². The van der Waals surface area contributed by atoms with Crippen molar-refractivity contribution < 1.29 is 4.74 Å². The zero-order valence-electron chi connectivity index (χ0n) is 15.8. The molecule has 4 heteroatoms. The Hall–Kier alpha value is -2.12. The Kier molecular flexibility index (Phi) is 4.28. The number of piperidine rings is 1. The minimum Gasteiger partial charge on any atom is -0.497 e. The number of rotatable bonds is 2. The lowest BCUT2D eigenvalue weighted by atomic mass is 9.81. The van der Waals surface area contributed by atoms with Crippen molar-refractivity contribution >= 4 is 17.4 Å². The lowest BCUT2D eigenvalue weighted by Crippen LogP contribution is -2.32. The summed E-state index contributed by atoms with van der Waals surface area (Å²) >= 11 is 1.94. The standard InChI is InChI=1S/C23H24N2OS/c1-26-16-6-8-17-15(13-16)5-7-19-21(17)23-18(9-12-27-23)20(14-24)22(19)25-10-3-2-4-11-25/h6,8,13H,2-5,7,9-12H2,1H3. The van der Waals surface area contributed by atoms with Crippen LogP contribution < -0.4 is 9.64 Å². The number of aryl methyl sites for hydroxylation is 1. The average molecular weight is 377 g/mol. The van der Waals surface area contributed by atoms with E-state index in [1.807, 2.05) is 11.8 Å². The van der Waals surface area contributed by atoms with E-state index in [1.54, 1.807) is 7.11 Å². The molecular formula is C23H24N2OS. The number of ether oxygens (including phenoxy) is 1. The molecule has 27 heavy (non-hydrogen) atoms. The van der Waals surface area contributed by atoms with Crippen LogP contribution in [0.2, 0.25) is 0 Å².